The first-order valence-electron chi connectivity index (χ1n) is 7.94. The highest BCUT2D eigenvalue weighted by atomic mass is 16.4. The summed E-state index contributed by atoms with van der Waals surface area (Å²) in [5.41, 5.74) is 3.52. The van der Waals surface area contributed by atoms with Gasteiger partial charge in [0.2, 0.25) is 0 Å². The molecule has 1 nitrogen and oxygen atoms in total. The van der Waals surface area contributed by atoms with Gasteiger partial charge in [0.1, 0.15) is 0 Å². The highest BCUT2D eigenvalue weighted by Gasteiger charge is 2.30. The van der Waals surface area contributed by atoms with E-state index in [1.165, 1.54) is 16.4 Å². The highest BCUT2D eigenvalue weighted by molar-refractivity contribution is 7.07. The zero-order valence-corrected chi connectivity index (χ0v) is 13.1. The zero-order chi connectivity index (χ0) is 16.0. The quantitative estimate of drug-likeness (QED) is 0.502. The van der Waals surface area contributed by atoms with Crippen LogP contribution in [0.3, 0.4) is 0 Å². The zero-order valence-electron chi connectivity index (χ0n) is 13.1. The van der Waals surface area contributed by atoms with Crippen molar-refractivity contribution in [2.45, 2.75) is 0 Å². The molecule has 0 aromatic heterocycles. The number of rotatable bonds is 6. The Morgan fingerprint density at radius 3 is 1.30 bits per heavy atom. The van der Waals surface area contributed by atoms with E-state index in [1.54, 1.807) is 0 Å². The van der Waals surface area contributed by atoms with Crippen LogP contribution in [0.15, 0.2) is 104 Å². The molecule has 0 saturated heterocycles. The molecular formula is C21H20BO-. The smallest absolute Gasteiger partial charge is 0.197 e. The molecule has 0 spiro atoms. The monoisotopic (exact) mass is 299 g/mol. The minimum absolute atomic E-state index is 0.499. The maximum Gasteiger partial charge on any atom is 0.197 e. The van der Waals surface area contributed by atoms with E-state index in [0.717, 1.165) is 0 Å². The van der Waals surface area contributed by atoms with Gasteiger partial charge in [-0.2, -0.15) is 16.4 Å². The van der Waals surface area contributed by atoms with Gasteiger partial charge in [0.05, 0.1) is 0 Å². The Morgan fingerprint density at radius 2 is 1.00 bits per heavy atom. The Bertz CT molecular complexity index is 642. The van der Waals surface area contributed by atoms with Crippen LogP contribution in [0.1, 0.15) is 0 Å². The molecule has 0 aliphatic rings. The summed E-state index contributed by atoms with van der Waals surface area (Å²) >= 11 is 0. The molecule has 0 amide bonds. The van der Waals surface area contributed by atoms with Crippen molar-refractivity contribution in [3.63, 3.8) is 0 Å². The van der Waals surface area contributed by atoms with Crippen LogP contribution in [0.5, 0.6) is 0 Å². The van der Waals surface area contributed by atoms with Gasteiger partial charge in [-0.3, -0.25) is 0 Å². The van der Waals surface area contributed by atoms with E-state index >= 15 is 0 Å². The fourth-order valence-corrected chi connectivity index (χ4v) is 3.25. The van der Waals surface area contributed by atoms with E-state index in [-0.39, 0.29) is 0 Å². The summed E-state index contributed by atoms with van der Waals surface area (Å²) in [6.07, 6.45) is 0.326. The van der Waals surface area contributed by atoms with Crippen LogP contribution in [-0.2, 0) is 4.65 Å². The van der Waals surface area contributed by atoms with Crippen molar-refractivity contribution in [1.82, 2.24) is 0 Å². The first-order chi connectivity index (χ1) is 11.4. The van der Waals surface area contributed by atoms with Crippen molar-refractivity contribution in [2.24, 2.45) is 0 Å². The van der Waals surface area contributed by atoms with Gasteiger partial charge >= 0.3 is 0 Å². The van der Waals surface area contributed by atoms with Crippen LogP contribution in [0.4, 0.5) is 0 Å². The van der Waals surface area contributed by atoms with Gasteiger partial charge in [-0.1, -0.05) is 97.1 Å². The first kappa shape index (κ1) is 15.3. The van der Waals surface area contributed by atoms with Gasteiger partial charge in [0.25, 0.3) is 0 Å². The summed E-state index contributed by atoms with van der Waals surface area (Å²) in [6.45, 7) is 4.33. The van der Waals surface area contributed by atoms with Crippen LogP contribution in [0.25, 0.3) is 0 Å². The number of benzene rings is 3. The lowest BCUT2D eigenvalue weighted by atomic mass is 9.28. The van der Waals surface area contributed by atoms with Crippen molar-refractivity contribution in [3.8, 4) is 0 Å². The maximum absolute atomic E-state index is 6.48. The van der Waals surface area contributed by atoms with E-state index in [0.29, 0.717) is 6.61 Å². The average molecular weight is 299 g/mol. The van der Waals surface area contributed by atoms with E-state index in [2.05, 4.69) is 79.4 Å². The molecule has 0 unspecified atom stereocenters. The van der Waals surface area contributed by atoms with Crippen LogP contribution in [-0.4, -0.2) is 13.0 Å². The highest BCUT2D eigenvalue weighted by Crippen LogP contribution is 2.09. The third kappa shape index (κ3) is 2.99. The Morgan fingerprint density at radius 1 is 0.652 bits per heavy atom. The molecule has 0 fully saturated rings. The Labute approximate surface area is 138 Å². The molecule has 0 atom stereocenters. The first-order valence-corrected chi connectivity index (χ1v) is 7.94. The van der Waals surface area contributed by atoms with E-state index in [9.17, 15) is 0 Å². The maximum atomic E-state index is 6.48. The standard InChI is InChI=1S/C21H20BO/c1-2-18-23-22(19-12-6-3-7-13-19,20-14-8-4-9-15-20)21-16-10-5-11-17-21/h2-17H,1,18H2/q-1. The number of hydrogen-bond acceptors (Lipinski definition) is 1. The van der Waals surface area contributed by atoms with Gasteiger partial charge in [0.15, 0.2) is 6.35 Å². The molecule has 3 rings (SSSR count). The second-order valence-corrected chi connectivity index (χ2v) is 5.64. The Balaban J connectivity index is 2.27. The summed E-state index contributed by atoms with van der Waals surface area (Å²) in [6, 6.07) is 31.3. The molecule has 114 valence electrons. The van der Waals surface area contributed by atoms with Crippen molar-refractivity contribution in [3.05, 3.63) is 104 Å². The van der Waals surface area contributed by atoms with Crippen molar-refractivity contribution in [2.75, 3.05) is 6.61 Å². The predicted molar refractivity (Wildman–Crippen MR) is 100 cm³/mol. The molecule has 0 radical (unpaired) electrons. The summed E-state index contributed by atoms with van der Waals surface area (Å²) in [5.74, 6) is 0. The fraction of sp³-hybridized carbons (Fsp3) is 0.0476. The van der Waals surface area contributed by atoms with Gasteiger partial charge < -0.3 is 4.65 Å². The number of hydrogen-bond donors (Lipinski definition) is 0. The summed E-state index contributed by atoms with van der Waals surface area (Å²) in [4.78, 5) is 0. The van der Waals surface area contributed by atoms with Crippen LogP contribution >= 0.6 is 0 Å². The molecule has 0 heterocycles. The van der Waals surface area contributed by atoms with Gasteiger partial charge in [-0.25, -0.2) is 0 Å². The van der Waals surface area contributed by atoms with E-state index in [1.807, 2.05) is 24.3 Å². The minimum atomic E-state index is -1.48. The van der Waals surface area contributed by atoms with Gasteiger partial charge in [-0.05, 0) is 0 Å². The molecular weight excluding hydrogens is 279 g/mol. The second-order valence-electron chi connectivity index (χ2n) is 5.64. The lowest BCUT2D eigenvalue weighted by Crippen LogP contribution is -2.69. The molecule has 3 aromatic carbocycles. The van der Waals surface area contributed by atoms with Crippen molar-refractivity contribution >= 4 is 22.7 Å². The van der Waals surface area contributed by atoms with Crippen LogP contribution < -0.4 is 16.4 Å². The molecule has 3 aromatic rings. The summed E-state index contributed by atoms with van der Waals surface area (Å²) in [5, 5.41) is 0. The van der Waals surface area contributed by atoms with E-state index < -0.39 is 6.35 Å². The average Bonchev–Trinajstić information content (AvgIpc) is 2.65. The van der Waals surface area contributed by atoms with Gasteiger partial charge in [-0.15, -0.1) is 6.58 Å². The third-order valence-electron chi connectivity index (χ3n) is 4.27. The summed E-state index contributed by atoms with van der Waals surface area (Å²) in [7, 11) is 0. The molecule has 0 bridgehead atoms. The third-order valence-corrected chi connectivity index (χ3v) is 4.27. The summed E-state index contributed by atoms with van der Waals surface area (Å²) < 4.78 is 6.48. The van der Waals surface area contributed by atoms with Gasteiger partial charge in [0, 0.05) is 6.61 Å². The predicted octanol–water partition coefficient (Wildman–Crippen LogP) is 2.86. The topological polar surface area (TPSA) is 9.23 Å². The molecule has 0 aliphatic heterocycles. The minimum Gasteiger partial charge on any atom is -0.576 e. The SMILES string of the molecule is C=CCO[B-](c1ccccc1)(c1ccccc1)c1ccccc1. The Kier molecular flexibility index (Phi) is 4.75. The van der Waals surface area contributed by atoms with Crippen LogP contribution in [0.2, 0.25) is 0 Å². The molecule has 0 N–H and O–H groups in total. The molecule has 0 aliphatic carbocycles. The van der Waals surface area contributed by atoms with Crippen molar-refractivity contribution < 1.29 is 4.65 Å². The largest absolute Gasteiger partial charge is 0.576 e. The normalized spacial score (nSPS) is 11.1. The van der Waals surface area contributed by atoms with Crippen LogP contribution in [0, 0.1) is 0 Å². The van der Waals surface area contributed by atoms with E-state index in [4.69, 9.17) is 4.65 Å². The Hall–Kier alpha value is -2.58. The lowest BCUT2D eigenvalue weighted by Gasteiger charge is -2.43. The lowest BCUT2D eigenvalue weighted by molar-refractivity contribution is 0.372. The molecule has 2 heteroatoms. The molecule has 0 saturated carbocycles. The molecule has 23 heavy (non-hydrogen) atoms. The fourth-order valence-electron chi connectivity index (χ4n) is 3.25. The second kappa shape index (κ2) is 7.12. The van der Waals surface area contributed by atoms with Crippen molar-refractivity contribution in [1.29, 1.82) is 0 Å².